The molecule has 0 amide bonds. The van der Waals surface area contributed by atoms with E-state index < -0.39 is 0 Å². The number of hydrogen-bond donors (Lipinski definition) is 1. The van der Waals surface area contributed by atoms with Gasteiger partial charge in [0.2, 0.25) is 0 Å². The Hall–Kier alpha value is 0.310. The van der Waals surface area contributed by atoms with E-state index in [0.29, 0.717) is 0 Å². The summed E-state index contributed by atoms with van der Waals surface area (Å²) in [5, 5.41) is 10.9. The van der Waals surface area contributed by atoms with Gasteiger partial charge in [0, 0.05) is 10.5 Å². The maximum atomic E-state index is 9.13. The smallest absolute Gasteiger partial charge is 0.0561 e. The quantitative estimate of drug-likeness (QED) is 0.715. The van der Waals surface area contributed by atoms with Crippen LogP contribution in [0.1, 0.15) is 44.9 Å². The van der Waals surface area contributed by atoms with Crippen molar-refractivity contribution in [2.24, 2.45) is 0 Å². The second-order valence-electron chi connectivity index (χ2n) is 4.14. The minimum atomic E-state index is 0.0334. The van der Waals surface area contributed by atoms with Crippen molar-refractivity contribution in [3.05, 3.63) is 0 Å². The summed E-state index contributed by atoms with van der Waals surface area (Å²) in [5.41, 5.74) is 0. The van der Waals surface area contributed by atoms with Gasteiger partial charge in [-0.1, -0.05) is 19.3 Å². The number of hydrogen-bond acceptors (Lipinski definition) is 2. The van der Waals surface area contributed by atoms with Gasteiger partial charge < -0.3 is 5.11 Å². The lowest BCUT2D eigenvalue weighted by Crippen LogP contribution is -2.32. The molecule has 0 bridgehead atoms. The van der Waals surface area contributed by atoms with Crippen molar-refractivity contribution in [1.82, 2.24) is 0 Å². The van der Waals surface area contributed by atoms with Crippen molar-refractivity contribution in [3.63, 3.8) is 0 Å². The Morgan fingerprint density at radius 1 is 0.917 bits per heavy atom. The van der Waals surface area contributed by atoms with Crippen LogP contribution in [-0.2, 0) is 0 Å². The van der Waals surface area contributed by atoms with Crippen molar-refractivity contribution in [2.45, 2.75) is 61.5 Å². The summed E-state index contributed by atoms with van der Waals surface area (Å²) < 4.78 is 0. The van der Waals surface area contributed by atoms with Crippen LogP contribution >= 0.6 is 11.8 Å². The molecule has 0 spiro atoms. The fraction of sp³-hybridized carbons (Fsp3) is 1.00. The van der Waals surface area contributed by atoms with Gasteiger partial charge in [-0.05, 0) is 25.7 Å². The first-order chi connectivity index (χ1) is 5.84. The molecule has 0 aromatic rings. The van der Waals surface area contributed by atoms with Gasteiger partial charge in [0.25, 0.3) is 0 Å². The topological polar surface area (TPSA) is 20.2 Å². The molecule has 12 heavy (non-hydrogen) atoms. The number of rotatable bonds is 2. The van der Waals surface area contributed by atoms with Gasteiger partial charge in [0.15, 0.2) is 0 Å². The first-order valence-electron chi connectivity index (χ1n) is 5.18. The van der Waals surface area contributed by atoms with Crippen LogP contribution in [0.2, 0.25) is 0 Å². The third-order valence-electron chi connectivity index (χ3n) is 3.01. The van der Waals surface area contributed by atoms with Crippen molar-refractivity contribution >= 4 is 11.8 Å². The van der Waals surface area contributed by atoms with Gasteiger partial charge in [-0.15, -0.1) is 0 Å². The maximum absolute atomic E-state index is 9.13. The molecule has 1 nitrogen and oxygen atoms in total. The molecule has 0 aromatic heterocycles. The monoisotopic (exact) mass is 186 g/mol. The van der Waals surface area contributed by atoms with Crippen LogP contribution in [-0.4, -0.2) is 21.7 Å². The lowest BCUT2D eigenvalue weighted by Gasteiger charge is -2.34. The molecule has 0 heterocycles. The molecule has 0 saturated heterocycles. The molecule has 2 aliphatic rings. The van der Waals surface area contributed by atoms with E-state index in [2.05, 4.69) is 11.8 Å². The minimum Gasteiger partial charge on any atom is -0.393 e. The third-order valence-corrected chi connectivity index (χ3v) is 4.63. The molecule has 70 valence electrons. The number of aliphatic hydroxyl groups is 1. The van der Waals surface area contributed by atoms with Crippen LogP contribution in [0.25, 0.3) is 0 Å². The predicted octanol–water partition coefficient (Wildman–Crippen LogP) is 2.58. The summed E-state index contributed by atoms with van der Waals surface area (Å²) in [5.74, 6) is 0. The average molecular weight is 186 g/mol. The Kier molecular flexibility index (Phi) is 2.97. The highest BCUT2D eigenvalue weighted by atomic mass is 32.2. The molecule has 0 unspecified atom stereocenters. The van der Waals surface area contributed by atoms with Crippen molar-refractivity contribution in [2.75, 3.05) is 0 Å². The van der Waals surface area contributed by atoms with E-state index >= 15 is 0 Å². The lowest BCUT2D eigenvalue weighted by molar-refractivity contribution is 0.100. The SMILES string of the molecule is OC1CC(SC2CCCCC2)C1. The van der Waals surface area contributed by atoms with Crippen LogP contribution in [0.15, 0.2) is 0 Å². The fourth-order valence-electron chi connectivity index (χ4n) is 2.12. The van der Waals surface area contributed by atoms with Crippen LogP contribution in [0.3, 0.4) is 0 Å². The Balaban J connectivity index is 1.65. The molecule has 1 N–H and O–H groups in total. The van der Waals surface area contributed by atoms with Crippen molar-refractivity contribution < 1.29 is 5.11 Å². The van der Waals surface area contributed by atoms with E-state index in [-0.39, 0.29) is 6.10 Å². The summed E-state index contributed by atoms with van der Waals surface area (Å²) >= 11 is 2.15. The molecule has 2 saturated carbocycles. The Labute approximate surface area is 78.9 Å². The molecular weight excluding hydrogens is 168 g/mol. The molecule has 0 atom stereocenters. The molecule has 0 aromatic carbocycles. The zero-order valence-corrected chi connectivity index (χ0v) is 8.35. The van der Waals surface area contributed by atoms with E-state index in [9.17, 15) is 0 Å². The number of thioether (sulfide) groups is 1. The van der Waals surface area contributed by atoms with Gasteiger partial charge in [0.1, 0.15) is 0 Å². The number of aliphatic hydroxyl groups excluding tert-OH is 1. The zero-order chi connectivity index (χ0) is 8.39. The van der Waals surface area contributed by atoms with Crippen LogP contribution < -0.4 is 0 Å². The minimum absolute atomic E-state index is 0.0334. The predicted molar refractivity (Wildman–Crippen MR) is 53.5 cm³/mol. The van der Waals surface area contributed by atoms with Gasteiger partial charge in [0.05, 0.1) is 6.10 Å². The second-order valence-corrected chi connectivity index (χ2v) is 5.75. The first-order valence-corrected chi connectivity index (χ1v) is 6.12. The van der Waals surface area contributed by atoms with E-state index in [4.69, 9.17) is 5.11 Å². The van der Waals surface area contributed by atoms with E-state index in [1.54, 1.807) is 0 Å². The average Bonchev–Trinajstić information content (AvgIpc) is 2.04. The highest BCUT2D eigenvalue weighted by Gasteiger charge is 2.30. The summed E-state index contributed by atoms with van der Waals surface area (Å²) in [6.07, 6.45) is 9.33. The molecule has 0 aliphatic heterocycles. The van der Waals surface area contributed by atoms with E-state index in [1.807, 2.05) is 0 Å². The van der Waals surface area contributed by atoms with Gasteiger partial charge in [-0.3, -0.25) is 0 Å². The van der Waals surface area contributed by atoms with Crippen LogP contribution in [0.5, 0.6) is 0 Å². The summed E-state index contributed by atoms with van der Waals surface area (Å²) in [4.78, 5) is 0. The molecule has 2 fully saturated rings. The van der Waals surface area contributed by atoms with Gasteiger partial charge in [-0.25, -0.2) is 0 Å². The summed E-state index contributed by atoms with van der Waals surface area (Å²) in [7, 11) is 0. The van der Waals surface area contributed by atoms with Crippen molar-refractivity contribution in [1.29, 1.82) is 0 Å². The Morgan fingerprint density at radius 2 is 1.58 bits per heavy atom. The lowest BCUT2D eigenvalue weighted by atomic mass is 9.96. The maximum Gasteiger partial charge on any atom is 0.0561 e. The summed E-state index contributed by atoms with van der Waals surface area (Å²) in [6, 6.07) is 0. The van der Waals surface area contributed by atoms with Gasteiger partial charge in [-0.2, -0.15) is 11.8 Å². The molecular formula is C10H18OS. The standard InChI is InChI=1S/C10H18OS/c11-8-6-10(7-8)12-9-4-2-1-3-5-9/h8-11H,1-7H2. The highest BCUT2D eigenvalue weighted by Crippen LogP contribution is 2.39. The third kappa shape index (κ3) is 2.17. The zero-order valence-electron chi connectivity index (χ0n) is 7.54. The van der Waals surface area contributed by atoms with Crippen molar-refractivity contribution in [3.8, 4) is 0 Å². The molecule has 0 radical (unpaired) electrons. The summed E-state index contributed by atoms with van der Waals surface area (Å²) in [6.45, 7) is 0. The molecule has 2 rings (SSSR count). The van der Waals surface area contributed by atoms with Crippen LogP contribution in [0, 0.1) is 0 Å². The largest absolute Gasteiger partial charge is 0.393 e. The normalized spacial score (nSPS) is 37.8. The van der Waals surface area contributed by atoms with E-state index in [1.165, 1.54) is 32.1 Å². The Morgan fingerprint density at radius 3 is 2.17 bits per heavy atom. The first kappa shape index (κ1) is 8.89. The van der Waals surface area contributed by atoms with Crippen LogP contribution in [0.4, 0.5) is 0 Å². The Bertz CT molecular complexity index is 137. The second kappa shape index (κ2) is 4.01. The van der Waals surface area contributed by atoms with Gasteiger partial charge >= 0.3 is 0 Å². The highest BCUT2D eigenvalue weighted by molar-refractivity contribution is 8.00. The van der Waals surface area contributed by atoms with E-state index in [0.717, 1.165) is 23.3 Å². The molecule has 2 aliphatic carbocycles. The molecule has 2 heteroatoms. The fourth-order valence-corrected chi connectivity index (χ4v) is 3.94.